The van der Waals surface area contributed by atoms with Crippen molar-refractivity contribution in [3.63, 3.8) is 0 Å². The first kappa shape index (κ1) is 11.3. The van der Waals surface area contributed by atoms with E-state index in [1.165, 1.54) is 11.7 Å². The van der Waals surface area contributed by atoms with Crippen LogP contribution in [0.5, 0.6) is 0 Å². The van der Waals surface area contributed by atoms with Crippen LogP contribution in [0.15, 0.2) is 36.7 Å². The first-order valence-electron chi connectivity index (χ1n) is 5.64. The fourth-order valence-electron chi connectivity index (χ4n) is 1.82. The number of nitrogens with zero attached hydrogens (tertiary/aromatic N) is 5. The van der Waals surface area contributed by atoms with Crippen LogP contribution in [-0.2, 0) is 0 Å². The predicted octanol–water partition coefficient (Wildman–Crippen LogP) is 0.570. The molecule has 0 aliphatic carbocycles. The van der Waals surface area contributed by atoms with Gasteiger partial charge in [-0.3, -0.25) is 9.78 Å². The summed E-state index contributed by atoms with van der Waals surface area (Å²) >= 11 is 0. The molecule has 1 N–H and O–H groups in total. The number of hydrogen-bond donors (Lipinski definition) is 1. The molecule has 19 heavy (non-hydrogen) atoms. The van der Waals surface area contributed by atoms with Crippen molar-refractivity contribution in [3.8, 4) is 5.69 Å². The third kappa shape index (κ3) is 1.90. The molecule has 0 saturated carbocycles. The topological polar surface area (TPSA) is 85.6 Å². The van der Waals surface area contributed by atoms with Gasteiger partial charge in [-0.15, -0.1) is 5.10 Å². The summed E-state index contributed by atoms with van der Waals surface area (Å²) < 4.78 is 1.39. The fraction of sp³-hybridized carbons (Fsp3) is 0.0833. The van der Waals surface area contributed by atoms with Crippen molar-refractivity contribution in [1.29, 1.82) is 0 Å². The van der Waals surface area contributed by atoms with E-state index < -0.39 is 0 Å². The molecule has 0 unspecified atom stereocenters. The monoisotopic (exact) mass is 254 g/mol. The lowest BCUT2D eigenvalue weighted by Crippen LogP contribution is -2.22. The normalized spacial score (nSPS) is 10.6. The number of hydrogen-bond acceptors (Lipinski definition) is 5. The van der Waals surface area contributed by atoms with Gasteiger partial charge in [0.2, 0.25) is 5.82 Å². The molecule has 1 aromatic carbocycles. The second kappa shape index (κ2) is 4.45. The zero-order valence-corrected chi connectivity index (χ0v) is 10.1. The number of carbonyl (C=O) groups is 1. The average Bonchev–Trinajstić information content (AvgIpc) is 2.95. The van der Waals surface area contributed by atoms with Crippen molar-refractivity contribution in [2.24, 2.45) is 0 Å². The molecule has 3 aromatic rings. The van der Waals surface area contributed by atoms with Gasteiger partial charge < -0.3 is 5.32 Å². The zero-order valence-electron chi connectivity index (χ0n) is 10.1. The molecule has 0 atom stereocenters. The van der Waals surface area contributed by atoms with E-state index in [0.29, 0.717) is 5.69 Å². The van der Waals surface area contributed by atoms with E-state index in [1.807, 2.05) is 24.3 Å². The number of carbonyl (C=O) groups excluding carboxylic acids is 1. The van der Waals surface area contributed by atoms with Gasteiger partial charge >= 0.3 is 0 Å². The first-order chi connectivity index (χ1) is 9.29. The van der Waals surface area contributed by atoms with Gasteiger partial charge in [0.25, 0.3) is 5.91 Å². The predicted molar refractivity (Wildman–Crippen MR) is 67.8 cm³/mol. The summed E-state index contributed by atoms with van der Waals surface area (Å²) in [6.45, 7) is 0. The Morgan fingerprint density at radius 2 is 2.16 bits per heavy atom. The number of pyridine rings is 1. The maximum atomic E-state index is 11.6. The quantitative estimate of drug-likeness (QED) is 0.722. The summed E-state index contributed by atoms with van der Waals surface area (Å²) in [7, 11) is 1.53. The highest BCUT2D eigenvalue weighted by atomic mass is 16.2. The Hall–Kier alpha value is -2.83. The van der Waals surface area contributed by atoms with Gasteiger partial charge in [0.1, 0.15) is 0 Å². The number of benzene rings is 1. The number of aromatic nitrogens is 5. The Balaban J connectivity index is 2.14. The average molecular weight is 254 g/mol. The van der Waals surface area contributed by atoms with Crippen molar-refractivity contribution in [2.45, 2.75) is 0 Å². The third-order valence-electron chi connectivity index (χ3n) is 2.77. The van der Waals surface area contributed by atoms with Crippen LogP contribution in [0.25, 0.3) is 16.5 Å². The summed E-state index contributed by atoms with van der Waals surface area (Å²) in [5.74, 6) is -0.193. The van der Waals surface area contributed by atoms with Crippen LogP contribution in [0.1, 0.15) is 10.6 Å². The molecule has 0 spiro atoms. The van der Waals surface area contributed by atoms with E-state index in [9.17, 15) is 4.79 Å². The highest BCUT2D eigenvalue weighted by Crippen LogP contribution is 2.17. The highest BCUT2D eigenvalue weighted by Gasteiger charge is 2.15. The minimum atomic E-state index is -0.337. The largest absolute Gasteiger partial charge is 0.352 e. The van der Waals surface area contributed by atoms with E-state index in [-0.39, 0.29) is 11.7 Å². The zero-order chi connectivity index (χ0) is 13.2. The van der Waals surface area contributed by atoms with Gasteiger partial charge in [-0.2, -0.15) is 4.68 Å². The summed E-state index contributed by atoms with van der Waals surface area (Å²) in [6, 6.07) is 7.58. The van der Waals surface area contributed by atoms with E-state index in [4.69, 9.17) is 0 Å². The SMILES string of the molecule is CNC(=O)c1nnnn1-c1ccc2ccncc2c1. The molecule has 0 fully saturated rings. The van der Waals surface area contributed by atoms with Crippen LogP contribution in [0.2, 0.25) is 0 Å². The lowest BCUT2D eigenvalue weighted by atomic mass is 10.1. The molecule has 3 rings (SSSR count). The molecular formula is C12H10N6O. The van der Waals surface area contributed by atoms with Gasteiger partial charge in [0.15, 0.2) is 0 Å². The molecule has 2 heterocycles. The number of amides is 1. The van der Waals surface area contributed by atoms with Crippen molar-refractivity contribution < 1.29 is 4.79 Å². The van der Waals surface area contributed by atoms with Gasteiger partial charge in [-0.1, -0.05) is 6.07 Å². The van der Waals surface area contributed by atoms with Crippen LogP contribution in [0.3, 0.4) is 0 Å². The van der Waals surface area contributed by atoms with Gasteiger partial charge in [0.05, 0.1) is 5.69 Å². The third-order valence-corrected chi connectivity index (χ3v) is 2.77. The first-order valence-corrected chi connectivity index (χ1v) is 5.64. The minimum absolute atomic E-state index is 0.144. The van der Waals surface area contributed by atoms with E-state index in [2.05, 4.69) is 25.8 Å². The Bertz CT molecular complexity index is 751. The van der Waals surface area contributed by atoms with Crippen molar-refractivity contribution in [3.05, 3.63) is 42.5 Å². The summed E-state index contributed by atoms with van der Waals surface area (Å²) in [5, 5.41) is 15.6. The Labute approximate surface area is 108 Å². The molecule has 7 nitrogen and oxygen atoms in total. The molecule has 0 radical (unpaired) electrons. The number of nitrogens with one attached hydrogen (secondary N) is 1. The summed E-state index contributed by atoms with van der Waals surface area (Å²) in [4.78, 5) is 15.7. The summed E-state index contributed by atoms with van der Waals surface area (Å²) in [6.07, 6.45) is 3.48. The number of tetrazole rings is 1. The Morgan fingerprint density at radius 1 is 1.26 bits per heavy atom. The van der Waals surface area contributed by atoms with Crippen molar-refractivity contribution in [2.75, 3.05) is 7.05 Å². The molecule has 0 saturated heterocycles. The lowest BCUT2D eigenvalue weighted by molar-refractivity contribution is 0.0950. The van der Waals surface area contributed by atoms with Gasteiger partial charge in [-0.05, 0) is 34.0 Å². The molecule has 0 aliphatic heterocycles. The maximum absolute atomic E-state index is 11.6. The van der Waals surface area contributed by atoms with Crippen LogP contribution in [-0.4, -0.2) is 38.1 Å². The smallest absolute Gasteiger partial charge is 0.290 e. The molecule has 94 valence electrons. The molecular weight excluding hydrogens is 244 g/mol. The van der Waals surface area contributed by atoms with Crippen LogP contribution < -0.4 is 5.32 Å². The second-order valence-corrected chi connectivity index (χ2v) is 3.90. The standard InChI is InChI=1S/C12H10N6O/c1-13-12(19)11-15-16-17-18(11)10-3-2-8-4-5-14-7-9(8)6-10/h2-7H,1H3,(H,13,19). The highest BCUT2D eigenvalue weighted by molar-refractivity contribution is 5.91. The molecule has 2 aromatic heterocycles. The maximum Gasteiger partial charge on any atom is 0.290 e. The fourth-order valence-corrected chi connectivity index (χ4v) is 1.82. The molecule has 0 aliphatic rings. The van der Waals surface area contributed by atoms with Gasteiger partial charge in [0, 0.05) is 24.8 Å². The van der Waals surface area contributed by atoms with Crippen LogP contribution in [0, 0.1) is 0 Å². The van der Waals surface area contributed by atoms with E-state index in [1.54, 1.807) is 12.4 Å². The molecule has 1 amide bonds. The van der Waals surface area contributed by atoms with E-state index >= 15 is 0 Å². The molecule has 7 heteroatoms. The minimum Gasteiger partial charge on any atom is -0.352 e. The van der Waals surface area contributed by atoms with E-state index in [0.717, 1.165) is 10.8 Å². The Morgan fingerprint density at radius 3 is 3.00 bits per heavy atom. The molecule has 0 bridgehead atoms. The number of rotatable bonds is 2. The Kier molecular flexibility index (Phi) is 2.64. The second-order valence-electron chi connectivity index (χ2n) is 3.90. The van der Waals surface area contributed by atoms with Crippen molar-refractivity contribution >= 4 is 16.7 Å². The lowest BCUT2D eigenvalue weighted by Gasteiger charge is -2.04. The van der Waals surface area contributed by atoms with Gasteiger partial charge in [-0.25, -0.2) is 0 Å². The van der Waals surface area contributed by atoms with Crippen molar-refractivity contribution in [1.82, 2.24) is 30.5 Å². The van der Waals surface area contributed by atoms with Crippen LogP contribution in [0.4, 0.5) is 0 Å². The number of fused-ring (bicyclic) bond motifs is 1. The van der Waals surface area contributed by atoms with Crippen LogP contribution >= 0.6 is 0 Å². The summed E-state index contributed by atoms with van der Waals surface area (Å²) in [5.41, 5.74) is 0.712.